The minimum absolute atomic E-state index is 0.437. The fraction of sp³-hybridized carbons (Fsp3) is 0.533. The number of aliphatic carboxylic acids is 1. The summed E-state index contributed by atoms with van der Waals surface area (Å²) in [6.45, 7) is 6.10. The van der Waals surface area contributed by atoms with Gasteiger partial charge in [0, 0.05) is 6.04 Å². The highest BCUT2D eigenvalue weighted by Crippen LogP contribution is 2.34. The van der Waals surface area contributed by atoms with Crippen molar-refractivity contribution in [3.8, 4) is 0 Å². The summed E-state index contributed by atoms with van der Waals surface area (Å²) in [5, 5.41) is 9.52. The van der Waals surface area contributed by atoms with Crippen molar-refractivity contribution in [3.05, 3.63) is 34.4 Å². The summed E-state index contributed by atoms with van der Waals surface area (Å²) >= 11 is 0. The van der Waals surface area contributed by atoms with Crippen LogP contribution < -0.4 is 0 Å². The maximum absolute atomic E-state index is 11.6. The molecule has 98 valence electrons. The van der Waals surface area contributed by atoms with Gasteiger partial charge in [-0.15, -0.1) is 0 Å². The first kappa shape index (κ1) is 13.1. The van der Waals surface area contributed by atoms with Gasteiger partial charge in [-0.25, -0.2) is 0 Å². The van der Waals surface area contributed by atoms with Gasteiger partial charge in [0.2, 0.25) is 0 Å². The second-order valence-corrected chi connectivity index (χ2v) is 5.43. The molecule has 1 saturated carbocycles. The third-order valence-electron chi connectivity index (χ3n) is 3.94. The number of carbonyl (C=O) groups is 1. The van der Waals surface area contributed by atoms with Crippen molar-refractivity contribution in [3.63, 3.8) is 0 Å². The van der Waals surface area contributed by atoms with Crippen molar-refractivity contribution in [1.82, 2.24) is 4.90 Å². The SMILES string of the molecule is Cc1cc(C)c(C(C(=O)O)N(C)C2CC2)cc1C. The number of hydrogen-bond donors (Lipinski definition) is 1. The molecule has 3 nitrogen and oxygen atoms in total. The Kier molecular flexibility index (Phi) is 3.44. The molecule has 0 spiro atoms. The summed E-state index contributed by atoms with van der Waals surface area (Å²) in [7, 11) is 1.92. The Morgan fingerprint density at radius 1 is 1.22 bits per heavy atom. The summed E-state index contributed by atoms with van der Waals surface area (Å²) in [5.41, 5.74) is 4.37. The Labute approximate surface area is 108 Å². The fourth-order valence-electron chi connectivity index (χ4n) is 2.50. The minimum Gasteiger partial charge on any atom is -0.480 e. The molecule has 1 N–H and O–H groups in total. The van der Waals surface area contributed by atoms with Crippen LogP contribution in [0, 0.1) is 20.8 Å². The molecule has 1 aliphatic rings. The van der Waals surface area contributed by atoms with Crippen LogP contribution in [0.2, 0.25) is 0 Å². The van der Waals surface area contributed by atoms with Gasteiger partial charge < -0.3 is 5.11 Å². The predicted molar refractivity (Wildman–Crippen MR) is 71.8 cm³/mol. The van der Waals surface area contributed by atoms with Crippen LogP contribution in [0.1, 0.15) is 41.1 Å². The van der Waals surface area contributed by atoms with Crippen molar-refractivity contribution >= 4 is 5.97 Å². The smallest absolute Gasteiger partial charge is 0.325 e. The van der Waals surface area contributed by atoms with Gasteiger partial charge in [-0.05, 0) is 62.9 Å². The first-order chi connectivity index (χ1) is 8.41. The number of aryl methyl sites for hydroxylation is 3. The lowest BCUT2D eigenvalue weighted by molar-refractivity contribution is -0.143. The number of likely N-dealkylation sites (N-methyl/N-ethyl adjacent to an activating group) is 1. The van der Waals surface area contributed by atoms with E-state index in [1.54, 1.807) is 0 Å². The molecular formula is C15H21NO2. The zero-order valence-electron chi connectivity index (χ0n) is 11.5. The maximum Gasteiger partial charge on any atom is 0.325 e. The van der Waals surface area contributed by atoms with Gasteiger partial charge in [0.05, 0.1) is 0 Å². The highest BCUT2D eigenvalue weighted by Gasteiger charge is 2.36. The lowest BCUT2D eigenvalue weighted by Gasteiger charge is -2.26. The molecular weight excluding hydrogens is 226 g/mol. The van der Waals surface area contributed by atoms with E-state index in [-0.39, 0.29) is 0 Å². The topological polar surface area (TPSA) is 40.5 Å². The molecule has 3 heteroatoms. The lowest BCUT2D eigenvalue weighted by Crippen LogP contribution is -2.33. The normalized spacial score (nSPS) is 16.9. The molecule has 0 heterocycles. The van der Waals surface area contributed by atoms with Crippen molar-refractivity contribution in [1.29, 1.82) is 0 Å². The molecule has 0 amide bonds. The van der Waals surface area contributed by atoms with E-state index in [1.165, 1.54) is 5.56 Å². The maximum atomic E-state index is 11.6. The second kappa shape index (κ2) is 4.73. The number of carboxylic acid groups (broad SMARTS) is 1. The van der Waals surface area contributed by atoms with Crippen LogP contribution in [0.5, 0.6) is 0 Å². The summed E-state index contributed by atoms with van der Waals surface area (Å²) in [6, 6.07) is 4.04. The third kappa shape index (κ3) is 2.41. The molecule has 0 aliphatic heterocycles. The standard InChI is InChI=1S/C15H21NO2/c1-9-7-11(3)13(8-10(9)2)14(15(17)18)16(4)12-5-6-12/h7-8,12,14H,5-6H2,1-4H3,(H,17,18). The molecule has 1 aromatic carbocycles. The van der Waals surface area contributed by atoms with Crippen molar-refractivity contribution in [2.24, 2.45) is 0 Å². The second-order valence-electron chi connectivity index (χ2n) is 5.43. The molecule has 0 bridgehead atoms. The lowest BCUT2D eigenvalue weighted by atomic mass is 9.95. The Morgan fingerprint density at radius 2 is 1.78 bits per heavy atom. The highest BCUT2D eigenvalue weighted by atomic mass is 16.4. The first-order valence-electron chi connectivity index (χ1n) is 6.44. The van der Waals surface area contributed by atoms with Crippen molar-refractivity contribution in [2.45, 2.75) is 45.7 Å². The number of carboxylic acids is 1. The molecule has 1 unspecified atom stereocenters. The van der Waals surface area contributed by atoms with Crippen LogP contribution >= 0.6 is 0 Å². The van der Waals surface area contributed by atoms with Crippen LogP contribution in [0.3, 0.4) is 0 Å². The third-order valence-corrected chi connectivity index (χ3v) is 3.94. The van der Waals surface area contributed by atoms with E-state index < -0.39 is 12.0 Å². The van der Waals surface area contributed by atoms with E-state index in [4.69, 9.17) is 0 Å². The van der Waals surface area contributed by atoms with Crippen molar-refractivity contribution < 1.29 is 9.90 Å². The Hall–Kier alpha value is -1.35. The van der Waals surface area contributed by atoms with Gasteiger partial charge in [0.15, 0.2) is 0 Å². The molecule has 2 rings (SSSR count). The van der Waals surface area contributed by atoms with Gasteiger partial charge in [-0.1, -0.05) is 12.1 Å². The molecule has 1 aliphatic carbocycles. The highest BCUT2D eigenvalue weighted by molar-refractivity contribution is 5.76. The van der Waals surface area contributed by atoms with E-state index in [2.05, 4.69) is 13.0 Å². The molecule has 1 aromatic rings. The van der Waals surface area contributed by atoms with Gasteiger partial charge >= 0.3 is 5.97 Å². The molecule has 0 radical (unpaired) electrons. The Morgan fingerprint density at radius 3 is 2.28 bits per heavy atom. The summed E-state index contributed by atoms with van der Waals surface area (Å²) in [6.07, 6.45) is 2.23. The predicted octanol–water partition coefficient (Wildman–Crippen LogP) is 2.83. The molecule has 1 atom stereocenters. The van der Waals surface area contributed by atoms with Gasteiger partial charge in [0.1, 0.15) is 6.04 Å². The number of hydrogen-bond acceptors (Lipinski definition) is 2. The van der Waals surface area contributed by atoms with E-state index in [1.807, 2.05) is 31.9 Å². The largest absolute Gasteiger partial charge is 0.480 e. The van der Waals surface area contributed by atoms with Gasteiger partial charge in [-0.3, -0.25) is 9.69 Å². The van der Waals surface area contributed by atoms with Crippen LogP contribution in [0.4, 0.5) is 0 Å². The zero-order valence-corrected chi connectivity index (χ0v) is 11.5. The van der Waals surface area contributed by atoms with Gasteiger partial charge in [-0.2, -0.15) is 0 Å². The Balaban J connectivity index is 2.41. The van der Waals surface area contributed by atoms with Crippen LogP contribution in [-0.2, 0) is 4.79 Å². The summed E-state index contributed by atoms with van der Waals surface area (Å²) < 4.78 is 0. The zero-order chi connectivity index (χ0) is 13.4. The number of nitrogens with zero attached hydrogens (tertiary/aromatic N) is 1. The number of rotatable bonds is 4. The molecule has 18 heavy (non-hydrogen) atoms. The van der Waals surface area contributed by atoms with E-state index in [0.717, 1.165) is 29.5 Å². The van der Waals surface area contributed by atoms with Crippen LogP contribution in [0.15, 0.2) is 12.1 Å². The van der Waals surface area contributed by atoms with E-state index in [9.17, 15) is 9.90 Å². The monoisotopic (exact) mass is 247 g/mol. The van der Waals surface area contributed by atoms with E-state index in [0.29, 0.717) is 6.04 Å². The fourth-order valence-corrected chi connectivity index (χ4v) is 2.50. The first-order valence-corrected chi connectivity index (χ1v) is 6.44. The average Bonchev–Trinajstić information content (AvgIpc) is 3.08. The van der Waals surface area contributed by atoms with Gasteiger partial charge in [0.25, 0.3) is 0 Å². The van der Waals surface area contributed by atoms with E-state index >= 15 is 0 Å². The van der Waals surface area contributed by atoms with Crippen LogP contribution in [-0.4, -0.2) is 29.1 Å². The summed E-state index contributed by atoms with van der Waals surface area (Å²) in [5.74, 6) is -0.754. The minimum atomic E-state index is -0.754. The molecule has 1 fully saturated rings. The quantitative estimate of drug-likeness (QED) is 0.889. The average molecular weight is 247 g/mol. The summed E-state index contributed by atoms with van der Waals surface area (Å²) in [4.78, 5) is 13.6. The molecule has 0 aromatic heterocycles. The van der Waals surface area contributed by atoms with Crippen LogP contribution in [0.25, 0.3) is 0 Å². The van der Waals surface area contributed by atoms with Crippen molar-refractivity contribution in [2.75, 3.05) is 7.05 Å². The Bertz CT molecular complexity index is 478. The molecule has 0 saturated heterocycles. The number of benzene rings is 1.